The predicted octanol–water partition coefficient (Wildman–Crippen LogP) is 7.35. The molecule has 0 radical (unpaired) electrons. The highest BCUT2D eigenvalue weighted by Gasteiger charge is 2.69. The first kappa shape index (κ1) is 21.6. The predicted molar refractivity (Wildman–Crippen MR) is 192 cm³/mol. The van der Waals surface area contributed by atoms with Crippen molar-refractivity contribution in [1.29, 1.82) is 0 Å². The van der Waals surface area contributed by atoms with Gasteiger partial charge in [-0.1, -0.05) is 73.3 Å². The van der Waals surface area contributed by atoms with E-state index < -0.39 is 167 Å². The van der Waals surface area contributed by atoms with Crippen molar-refractivity contribution in [2.45, 2.75) is 163 Å². The normalized spacial score (nSPS) is 37.4. The van der Waals surface area contributed by atoms with E-state index in [0.29, 0.717) is 6.92 Å². The standard InChI is InChI=1S/C40H65NO7S/c1-10-11-15-27(35(45)32(44)20-26-16-17-26)21-31(43)34-33-30(39(33,8)9)24-41(34)36(46)29(37(2,3)4)22-28(42)23-40(18-13-12-14-19-40)25-49(47,48)38(5,6)7/h26-27,29-30,33-34H,10-25H2,1-9H3/t27-,29-,30+,33+,34-/m1/s1/i2D3,3D3,10D2,12D2,13D2,14D2,18D2,19D2. The second-order valence-electron chi connectivity index (χ2n) is 16.3. The average Bonchev–Trinajstić information content (AvgIpc) is 3.98. The lowest BCUT2D eigenvalue weighted by Crippen LogP contribution is -2.51. The molecule has 4 fully saturated rings. The van der Waals surface area contributed by atoms with Crippen molar-refractivity contribution in [3.63, 3.8) is 0 Å². The van der Waals surface area contributed by atoms with Crippen LogP contribution in [0.2, 0.25) is 0 Å². The number of piperidine rings is 1. The van der Waals surface area contributed by atoms with E-state index in [1.807, 2.05) is 0 Å². The summed E-state index contributed by atoms with van der Waals surface area (Å²) in [6, 6.07) is -1.50. The van der Waals surface area contributed by atoms with Crippen LogP contribution >= 0.6 is 0 Å². The van der Waals surface area contributed by atoms with E-state index in [4.69, 9.17) is 24.7 Å². The number of Topliss-reactive ketones (excluding diaryl/α,β-unsaturated/α-hetero) is 4. The minimum Gasteiger partial charge on any atom is -0.332 e. The number of fused-ring (bicyclic) bond motifs is 1. The number of hydrogen-bond acceptors (Lipinski definition) is 7. The fourth-order valence-electron chi connectivity index (χ4n) is 7.29. The zero-order valence-corrected chi connectivity index (χ0v) is 30.6. The van der Waals surface area contributed by atoms with Gasteiger partial charge < -0.3 is 4.90 Å². The van der Waals surface area contributed by atoms with Gasteiger partial charge in [0.25, 0.3) is 0 Å². The smallest absolute Gasteiger partial charge is 0.227 e. The lowest BCUT2D eigenvalue weighted by atomic mass is 9.70. The number of nitrogens with zero attached hydrogens (tertiary/aromatic N) is 1. The molecule has 3 saturated carbocycles. The number of sulfone groups is 1. The average molecular weight is 722 g/mol. The maximum atomic E-state index is 15.2. The first-order valence-electron chi connectivity index (χ1n) is 26.1. The molecule has 1 heterocycles. The molecule has 49 heavy (non-hydrogen) atoms. The molecule has 4 aliphatic rings. The molecule has 4 rings (SSSR count). The molecule has 0 unspecified atom stereocenters. The maximum absolute atomic E-state index is 15.2. The van der Waals surface area contributed by atoms with Gasteiger partial charge in [0, 0.05) is 68.7 Å². The summed E-state index contributed by atoms with van der Waals surface area (Å²) in [4.78, 5) is 72.2. The number of carbonyl (C=O) groups is 5. The molecule has 5 atom stereocenters. The van der Waals surface area contributed by atoms with Gasteiger partial charge in [0.15, 0.2) is 21.4 Å². The highest BCUT2D eigenvalue weighted by atomic mass is 32.2. The number of rotatable bonds is 17. The zero-order valence-electron chi connectivity index (χ0n) is 47.7. The molecule has 1 amide bonds. The van der Waals surface area contributed by atoms with Crippen LogP contribution in [0.1, 0.15) is 176 Å². The maximum Gasteiger partial charge on any atom is 0.227 e. The third-order valence-corrected chi connectivity index (χ3v) is 13.6. The molecular weight excluding hydrogens is 639 g/mol. The van der Waals surface area contributed by atoms with Crippen molar-refractivity contribution in [2.75, 3.05) is 12.3 Å². The molecule has 1 saturated heterocycles. The third-order valence-electron chi connectivity index (χ3n) is 10.9. The topological polar surface area (TPSA) is 123 Å². The molecule has 0 aromatic rings. The van der Waals surface area contributed by atoms with Gasteiger partial charge in [0.05, 0.1) is 16.5 Å². The quantitative estimate of drug-likeness (QED) is 0.144. The first-order chi connectivity index (χ1) is 29.5. The zero-order chi connectivity index (χ0) is 52.5. The van der Waals surface area contributed by atoms with Crippen molar-refractivity contribution in [2.24, 2.45) is 45.8 Å². The fourth-order valence-corrected chi connectivity index (χ4v) is 8.62. The van der Waals surface area contributed by atoms with E-state index in [-0.39, 0.29) is 31.7 Å². The highest BCUT2D eigenvalue weighted by molar-refractivity contribution is 7.92. The Morgan fingerprint density at radius 2 is 1.63 bits per heavy atom. The number of hydrogen-bond donors (Lipinski definition) is 0. The number of carbonyl (C=O) groups excluding carboxylic acids is 5. The van der Waals surface area contributed by atoms with Crippen LogP contribution in [0, 0.1) is 45.8 Å². The number of ketones is 4. The monoisotopic (exact) mass is 722 g/mol. The van der Waals surface area contributed by atoms with Gasteiger partial charge in [-0.15, -0.1) is 0 Å². The van der Waals surface area contributed by atoms with Crippen LogP contribution in [0.3, 0.4) is 0 Å². The summed E-state index contributed by atoms with van der Waals surface area (Å²) in [6.07, 6.45) is -25.3. The molecule has 278 valence electrons. The second kappa shape index (κ2) is 14.6. The lowest BCUT2D eigenvalue weighted by molar-refractivity contribution is -0.148. The van der Waals surface area contributed by atoms with E-state index in [9.17, 15) is 27.6 Å². The van der Waals surface area contributed by atoms with Crippen LogP contribution in [0.5, 0.6) is 0 Å². The Kier molecular flexibility index (Phi) is 6.44. The molecule has 8 nitrogen and oxygen atoms in total. The lowest BCUT2D eigenvalue weighted by Gasteiger charge is -2.40. The van der Waals surface area contributed by atoms with E-state index in [1.165, 1.54) is 6.92 Å². The van der Waals surface area contributed by atoms with Gasteiger partial charge in [0.1, 0.15) is 5.78 Å². The minimum atomic E-state index is -4.93. The van der Waals surface area contributed by atoms with Crippen LogP contribution in [0.15, 0.2) is 0 Å². The largest absolute Gasteiger partial charge is 0.332 e. The summed E-state index contributed by atoms with van der Waals surface area (Å²) in [5.41, 5.74) is -7.57. The third kappa shape index (κ3) is 9.13. The summed E-state index contributed by atoms with van der Waals surface area (Å²) in [5.74, 6) is -12.3. The summed E-state index contributed by atoms with van der Waals surface area (Å²) in [7, 11) is -4.93. The second-order valence-corrected chi connectivity index (χ2v) is 19.1. The van der Waals surface area contributed by atoms with E-state index >= 15 is 4.79 Å². The van der Waals surface area contributed by atoms with Crippen LogP contribution < -0.4 is 0 Å². The Balaban J connectivity index is 1.90. The Labute approximate surface area is 321 Å². The highest BCUT2D eigenvalue weighted by Crippen LogP contribution is 2.65. The molecule has 0 aromatic heterocycles. The van der Waals surface area contributed by atoms with Gasteiger partial charge >= 0.3 is 0 Å². The summed E-state index contributed by atoms with van der Waals surface area (Å²) >= 11 is 0. The SMILES string of the molecule is [2H]C([2H])(C)CC[C@H](CC(=O)[C@@H]1[C@@H]2[C@H](CN1C(=O)[C@@H](CC(=O)CC1(CS(=O)(=O)C(C)(C)C)C([2H])([2H])C([2H])([2H])C([2H])([2H])C([2H])([2H])C1([2H])[2H])C(C)(C([2H])([2H])[2H])C([2H])([2H])[2H])C2(C)C)C(=O)C(=O)CC1CC1. The number of amides is 1. The Morgan fingerprint density at radius 1 is 1.00 bits per heavy atom. The summed E-state index contributed by atoms with van der Waals surface area (Å²) < 4.78 is 180. The minimum absolute atomic E-state index is 0.00755. The summed E-state index contributed by atoms with van der Waals surface area (Å²) in [6.45, 7) is 1.13. The van der Waals surface area contributed by atoms with Gasteiger partial charge in [-0.05, 0) is 86.8 Å². The van der Waals surface area contributed by atoms with Crippen molar-refractivity contribution < 1.29 is 57.1 Å². The van der Waals surface area contributed by atoms with Crippen LogP contribution in [0.25, 0.3) is 0 Å². The molecule has 3 aliphatic carbocycles. The van der Waals surface area contributed by atoms with Crippen molar-refractivity contribution in [3.8, 4) is 0 Å². The molecule has 9 heteroatoms. The molecule has 0 N–H and O–H groups in total. The molecule has 0 bridgehead atoms. The Hall–Kier alpha value is -1.90. The van der Waals surface area contributed by atoms with Crippen LogP contribution in [0.4, 0.5) is 0 Å². The van der Waals surface area contributed by atoms with Gasteiger partial charge in [-0.25, -0.2) is 8.42 Å². The number of likely N-dealkylation sites (tertiary alicyclic amines) is 1. The van der Waals surface area contributed by atoms with Crippen LogP contribution in [-0.4, -0.2) is 65.4 Å². The molecular formula is C40H65NO7S. The van der Waals surface area contributed by atoms with Gasteiger partial charge in [0.2, 0.25) is 11.7 Å². The first-order valence-corrected chi connectivity index (χ1v) is 18.8. The summed E-state index contributed by atoms with van der Waals surface area (Å²) in [5, 5.41) is 0. The van der Waals surface area contributed by atoms with Crippen molar-refractivity contribution in [1.82, 2.24) is 4.90 Å². The van der Waals surface area contributed by atoms with E-state index in [0.717, 1.165) is 38.5 Å². The van der Waals surface area contributed by atoms with E-state index in [2.05, 4.69) is 0 Å². The molecule has 0 aromatic carbocycles. The Bertz CT molecular complexity index is 2070. The fraction of sp³-hybridized carbons (Fsp3) is 0.875. The van der Waals surface area contributed by atoms with E-state index in [1.54, 1.807) is 13.8 Å². The van der Waals surface area contributed by atoms with Crippen molar-refractivity contribution >= 4 is 38.9 Å². The van der Waals surface area contributed by atoms with Gasteiger partial charge in [-0.2, -0.15) is 0 Å². The van der Waals surface area contributed by atoms with Crippen LogP contribution in [-0.2, 0) is 33.8 Å². The van der Waals surface area contributed by atoms with Gasteiger partial charge in [-0.3, -0.25) is 24.0 Å². The van der Waals surface area contributed by atoms with Crippen molar-refractivity contribution in [3.05, 3.63) is 0 Å². The molecule has 1 aliphatic heterocycles. The Morgan fingerprint density at radius 3 is 2.18 bits per heavy atom. The molecule has 0 spiro atoms.